The van der Waals surface area contributed by atoms with Crippen LogP contribution in [0.1, 0.15) is 45.5 Å². The summed E-state index contributed by atoms with van der Waals surface area (Å²) < 4.78 is 29.5. The van der Waals surface area contributed by atoms with Crippen LogP contribution < -0.4 is 4.72 Å². The Labute approximate surface area is 160 Å². The number of sulfonamides is 1. The van der Waals surface area contributed by atoms with E-state index in [9.17, 15) is 8.42 Å². The van der Waals surface area contributed by atoms with E-state index in [1.807, 2.05) is 64.1 Å². The Morgan fingerprint density at radius 3 is 2.07 bits per heavy atom. The highest BCUT2D eigenvalue weighted by Crippen LogP contribution is 2.28. The van der Waals surface area contributed by atoms with Gasteiger partial charge in [0.25, 0.3) is 0 Å². The lowest BCUT2D eigenvalue weighted by Crippen LogP contribution is -2.31. The summed E-state index contributed by atoms with van der Waals surface area (Å²) in [6.45, 7) is 9.31. The number of benzene rings is 2. The fourth-order valence-electron chi connectivity index (χ4n) is 3.20. The van der Waals surface area contributed by atoms with Gasteiger partial charge in [-0.15, -0.1) is 0 Å². The summed E-state index contributed by atoms with van der Waals surface area (Å²) >= 11 is 0. The molecule has 0 aliphatic rings. The molecule has 1 atom stereocenters. The predicted octanol–water partition coefficient (Wildman–Crippen LogP) is 3.41. The van der Waals surface area contributed by atoms with Crippen LogP contribution in [0.4, 0.5) is 0 Å². The lowest BCUT2D eigenvalue weighted by atomic mass is 10.0. The van der Waals surface area contributed by atoms with Gasteiger partial charge in [-0.1, -0.05) is 36.4 Å². The van der Waals surface area contributed by atoms with Gasteiger partial charge in [-0.2, -0.15) is 9.82 Å². The Balaban J connectivity index is 2.12. The molecule has 6 nitrogen and oxygen atoms in total. The van der Waals surface area contributed by atoms with E-state index >= 15 is 0 Å². The molecule has 0 saturated carbocycles. The molecule has 0 fully saturated rings. The number of aryl methyl sites for hydroxylation is 3. The average Bonchev–Trinajstić information content (AvgIpc) is 3.05. The number of hydrogen-bond donors (Lipinski definition) is 2. The molecule has 142 valence electrons. The van der Waals surface area contributed by atoms with Crippen LogP contribution in [-0.2, 0) is 10.0 Å². The van der Waals surface area contributed by atoms with Crippen molar-refractivity contribution in [2.24, 2.45) is 0 Å². The normalized spacial score (nSPS) is 12.9. The zero-order valence-electron chi connectivity index (χ0n) is 16.2. The van der Waals surface area contributed by atoms with Gasteiger partial charge in [0.1, 0.15) is 11.9 Å². The Hall–Kier alpha value is -2.51. The maximum atomic E-state index is 13.4. The molecule has 0 aliphatic carbocycles. The highest BCUT2D eigenvalue weighted by Gasteiger charge is 2.29. The van der Waals surface area contributed by atoms with E-state index < -0.39 is 16.1 Å². The molecular formula is C20H24N4O2S. The molecule has 1 aromatic heterocycles. The van der Waals surface area contributed by atoms with Crippen molar-refractivity contribution in [3.8, 4) is 0 Å². The lowest BCUT2D eigenvalue weighted by Gasteiger charge is -2.20. The van der Waals surface area contributed by atoms with E-state index in [-0.39, 0.29) is 0 Å². The molecule has 0 saturated heterocycles. The molecule has 3 aromatic rings. The molecule has 0 aliphatic heterocycles. The molecule has 2 aromatic carbocycles. The van der Waals surface area contributed by atoms with E-state index in [1.165, 1.54) is 0 Å². The highest BCUT2D eigenvalue weighted by molar-refractivity contribution is 7.89. The van der Waals surface area contributed by atoms with Gasteiger partial charge in [-0.05, 0) is 62.4 Å². The smallest absolute Gasteiger partial charge is 0.242 e. The fraction of sp³-hybridized carbons (Fsp3) is 0.300. The summed E-state index contributed by atoms with van der Waals surface area (Å²) in [7, 11) is -3.80. The molecule has 1 unspecified atom stereocenters. The van der Waals surface area contributed by atoms with E-state index in [0.29, 0.717) is 16.5 Å². The van der Waals surface area contributed by atoms with Gasteiger partial charge in [0.15, 0.2) is 5.82 Å². The number of aromatic amines is 1. The zero-order valence-corrected chi connectivity index (χ0v) is 17.0. The van der Waals surface area contributed by atoms with Crippen LogP contribution in [0.15, 0.2) is 41.3 Å². The maximum absolute atomic E-state index is 13.4. The number of nitrogens with zero attached hydrogens (tertiary/aromatic N) is 2. The van der Waals surface area contributed by atoms with E-state index in [0.717, 1.165) is 27.8 Å². The second-order valence-electron chi connectivity index (χ2n) is 6.83. The summed E-state index contributed by atoms with van der Waals surface area (Å²) in [5.74, 6) is 1.02. The second-order valence-corrected chi connectivity index (χ2v) is 8.48. The van der Waals surface area contributed by atoms with Crippen molar-refractivity contribution in [1.82, 2.24) is 19.9 Å². The SMILES string of the molecule is Cc1nc(C(NS(=O)(=O)c2c(C)c(C)cc(C)c2C)c2ccccc2)n[nH]1. The zero-order chi connectivity index (χ0) is 19.8. The molecule has 0 spiro atoms. The number of hydrogen-bond acceptors (Lipinski definition) is 4. The summed E-state index contributed by atoms with van der Waals surface area (Å²) in [4.78, 5) is 4.68. The van der Waals surface area contributed by atoms with Gasteiger partial charge in [-0.3, -0.25) is 5.10 Å². The third kappa shape index (κ3) is 3.79. The van der Waals surface area contributed by atoms with Crippen molar-refractivity contribution in [1.29, 1.82) is 0 Å². The summed E-state index contributed by atoms with van der Waals surface area (Å²) in [5, 5.41) is 6.98. The van der Waals surface area contributed by atoms with Gasteiger partial charge in [0, 0.05) is 0 Å². The van der Waals surface area contributed by atoms with E-state index in [4.69, 9.17) is 0 Å². The lowest BCUT2D eigenvalue weighted by molar-refractivity contribution is 0.566. The minimum atomic E-state index is -3.80. The highest BCUT2D eigenvalue weighted by atomic mass is 32.2. The van der Waals surface area contributed by atoms with Crippen LogP contribution in [0.3, 0.4) is 0 Å². The molecule has 0 amide bonds. The first-order valence-electron chi connectivity index (χ1n) is 8.74. The summed E-state index contributed by atoms with van der Waals surface area (Å²) in [5.41, 5.74) is 4.18. The molecular weight excluding hydrogens is 360 g/mol. The van der Waals surface area contributed by atoms with E-state index in [1.54, 1.807) is 6.92 Å². The van der Waals surface area contributed by atoms with Crippen molar-refractivity contribution in [2.45, 2.75) is 45.6 Å². The van der Waals surface area contributed by atoms with Crippen molar-refractivity contribution in [3.05, 3.63) is 75.9 Å². The minimum Gasteiger partial charge on any atom is -0.263 e. The standard InChI is InChI=1S/C20H24N4O2S/c1-12-11-13(2)15(4)19(14(12)3)27(25,26)24-18(17-9-7-6-8-10-17)20-21-16(5)22-23-20/h6-11,18,24H,1-5H3,(H,21,22,23). The molecule has 0 radical (unpaired) electrons. The summed E-state index contributed by atoms with van der Waals surface area (Å²) in [6.07, 6.45) is 0. The van der Waals surface area contributed by atoms with Crippen LogP contribution in [0.25, 0.3) is 0 Å². The Kier molecular flexibility index (Phi) is 5.17. The first kappa shape index (κ1) is 19.3. The third-order valence-corrected chi connectivity index (χ3v) is 6.54. The Morgan fingerprint density at radius 1 is 0.963 bits per heavy atom. The van der Waals surface area contributed by atoms with Gasteiger partial charge < -0.3 is 0 Å². The topological polar surface area (TPSA) is 87.7 Å². The number of aromatic nitrogens is 3. The van der Waals surface area contributed by atoms with Crippen molar-refractivity contribution >= 4 is 10.0 Å². The molecule has 7 heteroatoms. The maximum Gasteiger partial charge on any atom is 0.242 e. The minimum absolute atomic E-state index is 0.327. The first-order valence-corrected chi connectivity index (χ1v) is 10.2. The molecule has 0 bridgehead atoms. The van der Waals surface area contributed by atoms with Crippen LogP contribution in [-0.4, -0.2) is 23.6 Å². The monoisotopic (exact) mass is 384 g/mol. The number of H-pyrrole nitrogens is 1. The summed E-state index contributed by atoms with van der Waals surface area (Å²) in [6, 6.07) is 10.7. The molecule has 3 rings (SSSR count). The fourth-order valence-corrected chi connectivity index (χ4v) is 5.00. The third-order valence-electron chi connectivity index (χ3n) is 4.84. The van der Waals surface area contributed by atoms with Gasteiger partial charge in [0.2, 0.25) is 10.0 Å². The Bertz CT molecular complexity index is 1050. The average molecular weight is 385 g/mol. The second kappa shape index (κ2) is 7.25. The van der Waals surface area contributed by atoms with Gasteiger partial charge >= 0.3 is 0 Å². The van der Waals surface area contributed by atoms with Crippen molar-refractivity contribution < 1.29 is 8.42 Å². The first-order chi connectivity index (χ1) is 12.7. The largest absolute Gasteiger partial charge is 0.263 e. The predicted molar refractivity (Wildman–Crippen MR) is 105 cm³/mol. The molecule has 2 N–H and O–H groups in total. The van der Waals surface area contributed by atoms with Crippen LogP contribution >= 0.6 is 0 Å². The number of rotatable bonds is 5. The molecule has 1 heterocycles. The van der Waals surface area contributed by atoms with Crippen molar-refractivity contribution in [3.63, 3.8) is 0 Å². The van der Waals surface area contributed by atoms with Crippen LogP contribution in [0.2, 0.25) is 0 Å². The number of nitrogens with one attached hydrogen (secondary N) is 2. The van der Waals surface area contributed by atoms with Gasteiger partial charge in [-0.25, -0.2) is 13.4 Å². The quantitative estimate of drug-likeness (QED) is 0.706. The van der Waals surface area contributed by atoms with Gasteiger partial charge in [0.05, 0.1) is 4.90 Å². The van der Waals surface area contributed by atoms with E-state index in [2.05, 4.69) is 19.9 Å². The molecule has 27 heavy (non-hydrogen) atoms. The van der Waals surface area contributed by atoms with Crippen molar-refractivity contribution in [2.75, 3.05) is 0 Å². The van der Waals surface area contributed by atoms with Crippen LogP contribution in [0.5, 0.6) is 0 Å². The Morgan fingerprint density at radius 2 is 1.56 bits per heavy atom. The van der Waals surface area contributed by atoms with Crippen LogP contribution in [0, 0.1) is 34.6 Å².